The van der Waals surface area contributed by atoms with Gasteiger partial charge in [0.25, 0.3) is 0 Å². The van der Waals surface area contributed by atoms with Crippen molar-refractivity contribution in [2.75, 3.05) is 19.8 Å². The fourth-order valence-electron chi connectivity index (χ4n) is 2.91. The van der Waals surface area contributed by atoms with Crippen LogP contribution in [0.3, 0.4) is 0 Å². The molecule has 152 valence electrons. The lowest BCUT2D eigenvalue weighted by atomic mass is 10.4. The van der Waals surface area contributed by atoms with E-state index in [0.717, 1.165) is 10.6 Å². The minimum absolute atomic E-state index is 0.246. The first-order valence-electron chi connectivity index (χ1n) is 9.23. The summed E-state index contributed by atoms with van der Waals surface area (Å²) in [5, 5.41) is 1.76. The highest BCUT2D eigenvalue weighted by Gasteiger charge is 2.44. The van der Waals surface area contributed by atoms with Gasteiger partial charge < -0.3 is 13.6 Å². The SMILES string of the molecule is CCOP1(=O)N=P(c2ccccc2)(c2ccccc2)N=P(OCC)(OCC)N1. The minimum Gasteiger partial charge on any atom is -0.312 e. The highest BCUT2D eigenvalue weighted by molar-refractivity contribution is 7.91. The Labute approximate surface area is 166 Å². The predicted octanol–water partition coefficient (Wildman–Crippen LogP) is 5.52. The number of hydrogen-bond donors (Lipinski definition) is 1. The summed E-state index contributed by atoms with van der Waals surface area (Å²) in [5.41, 5.74) is 0. The standard InChI is InChI=1S/C18H26N3O4P3/c1-4-23-27(22)19-26(17-13-9-7-10-14-17,18-15-11-8-12-16-18)20-28(21-27,24-5-2)25-6-3/h7-16H,4-6H2,1-3H3,(H,21,22). The molecule has 1 heterocycles. The van der Waals surface area contributed by atoms with E-state index in [0.29, 0.717) is 13.2 Å². The largest absolute Gasteiger partial charge is 0.395 e. The average Bonchev–Trinajstić information content (AvgIpc) is 2.69. The molecule has 1 unspecified atom stereocenters. The Balaban J connectivity index is 2.41. The van der Waals surface area contributed by atoms with Crippen LogP contribution in [-0.2, 0) is 18.1 Å². The molecule has 2 aromatic rings. The van der Waals surface area contributed by atoms with Crippen LogP contribution >= 0.6 is 22.5 Å². The number of hydrogen-bond acceptors (Lipinski definition) is 5. The van der Waals surface area contributed by atoms with E-state index < -0.39 is 22.5 Å². The molecule has 3 rings (SSSR count). The third-order valence-corrected chi connectivity index (χ3v) is 13.7. The maximum Gasteiger partial charge on any atom is 0.395 e. The third-order valence-electron chi connectivity index (χ3n) is 3.89. The molecule has 28 heavy (non-hydrogen) atoms. The molecule has 0 fully saturated rings. The summed E-state index contributed by atoms with van der Waals surface area (Å²) in [7, 11) is -9.50. The zero-order valence-corrected chi connectivity index (χ0v) is 18.9. The van der Waals surface area contributed by atoms with E-state index in [1.807, 2.05) is 74.5 Å². The van der Waals surface area contributed by atoms with E-state index in [1.54, 1.807) is 6.92 Å². The summed E-state index contributed by atoms with van der Waals surface area (Å²) in [5.74, 6) is 0. The van der Waals surface area contributed by atoms with Gasteiger partial charge in [-0.25, -0.2) is 4.57 Å². The van der Waals surface area contributed by atoms with Gasteiger partial charge in [-0.1, -0.05) is 60.7 Å². The first kappa shape index (κ1) is 21.7. The zero-order valence-electron chi connectivity index (χ0n) is 16.3. The van der Waals surface area contributed by atoms with Crippen molar-refractivity contribution in [2.24, 2.45) is 9.03 Å². The van der Waals surface area contributed by atoms with Crippen LogP contribution in [0.25, 0.3) is 0 Å². The first-order valence-corrected chi connectivity index (χ1v) is 14.1. The van der Waals surface area contributed by atoms with Crippen molar-refractivity contribution in [1.82, 2.24) is 4.86 Å². The van der Waals surface area contributed by atoms with Crippen LogP contribution in [0.2, 0.25) is 0 Å². The molecule has 1 N–H and O–H groups in total. The molecule has 0 saturated heterocycles. The second-order valence-corrected chi connectivity index (χ2v) is 13.2. The zero-order chi connectivity index (χ0) is 20.1. The van der Waals surface area contributed by atoms with Gasteiger partial charge in [0, 0.05) is 10.6 Å². The van der Waals surface area contributed by atoms with E-state index in [2.05, 4.69) is 4.86 Å². The van der Waals surface area contributed by atoms with E-state index in [9.17, 15) is 4.57 Å². The van der Waals surface area contributed by atoms with Gasteiger partial charge >= 0.3 is 15.3 Å². The van der Waals surface area contributed by atoms with Crippen molar-refractivity contribution in [3.05, 3.63) is 60.7 Å². The van der Waals surface area contributed by atoms with Crippen LogP contribution in [-0.4, -0.2) is 19.8 Å². The topological polar surface area (TPSA) is 81.5 Å². The average molecular weight is 441 g/mol. The molecule has 2 aromatic carbocycles. The van der Waals surface area contributed by atoms with Crippen molar-refractivity contribution < 1.29 is 18.1 Å². The van der Waals surface area contributed by atoms with Gasteiger partial charge in [0.05, 0.1) is 19.8 Å². The maximum atomic E-state index is 13.7. The van der Waals surface area contributed by atoms with E-state index >= 15 is 0 Å². The van der Waals surface area contributed by atoms with Gasteiger partial charge in [-0.15, -0.1) is 4.86 Å². The number of benzene rings is 2. The lowest BCUT2D eigenvalue weighted by Gasteiger charge is -2.35. The lowest BCUT2D eigenvalue weighted by Crippen LogP contribution is -2.22. The molecule has 7 nitrogen and oxygen atoms in total. The molecule has 0 spiro atoms. The summed E-state index contributed by atoms with van der Waals surface area (Å²) in [4.78, 5) is 2.93. The smallest absolute Gasteiger partial charge is 0.312 e. The van der Waals surface area contributed by atoms with Crippen molar-refractivity contribution in [1.29, 1.82) is 0 Å². The molecule has 1 aliphatic heterocycles. The molecule has 0 amide bonds. The van der Waals surface area contributed by atoms with Gasteiger partial charge in [-0.05, 0) is 20.8 Å². The van der Waals surface area contributed by atoms with E-state index in [1.165, 1.54) is 0 Å². The first-order chi connectivity index (χ1) is 13.5. The normalized spacial score (nSPS) is 22.8. The Hall–Kier alpha value is -1.03. The summed E-state index contributed by atoms with van der Waals surface area (Å²) in [6.07, 6.45) is 0. The summed E-state index contributed by atoms with van der Waals surface area (Å²) in [6, 6.07) is 19.4. The maximum absolute atomic E-state index is 13.7. The van der Waals surface area contributed by atoms with Crippen LogP contribution in [0, 0.1) is 0 Å². The fourth-order valence-corrected chi connectivity index (χ4v) is 14.0. The fraction of sp³-hybridized carbons (Fsp3) is 0.333. The monoisotopic (exact) mass is 441 g/mol. The molecule has 0 bridgehead atoms. The van der Waals surface area contributed by atoms with Gasteiger partial charge in [0.2, 0.25) is 0 Å². The van der Waals surface area contributed by atoms with Crippen molar-refractivity contribution in [2.45, 2.75) is 20.8 Å². The molecular weight excluding hydrogens is 415 g/mol. The molecule has 0 aromatic heterocycles. The molecule has 0 aliphatic carbocycles. The van der Waals surface area contributed by atoms with Crippen molar-refractivity contribution >= 4 is 33.1 Å². The second-order valence-electron chi connectivity index (χ2n) is 5.85. The Morgan fingerprint density at radius 1 is 0.750 bits per heavy atom. The van der Waals surface area contributed by atoms with E-state index in [4.69, 9.17) is 22.6 Å². The molecule has 0 saturated carbocycles. The Morgan fingerprint density at radius 2 is 1.21 bits per heavy atom. The van der Waals surface area contributed by atoms with Gasteiger partial charge in [-0.2, -0.15) is 9.03 Å². The summed E-state index contributed by atoms with van der Waals surface area (Å²) in [6.45, 7) is 6.48. The van der Waals surface area contributed by atoms with Gasteiger partial charge in [0.1, 0.15) is 7.21 Å². The minimum atomic E-state index is -3.62. The van der Waals surface area contributed by atoms with E-state index in [-0.39, 0.29) is 6.61 Å². The molecule has 10 heteroatoms. The van der Waals surface area contributed by atoms with Crippen LogP contribution < -0.4 is 15.5 Å². The summed E-state index contributed by atoms with van der Waals surface area (Å²) >= 11 is 0. The Bertz CT molecular complexity index is 898. The number of nitrogens with one attached hydrogen (secondary N) is 1. The van der Waals surface area contributed by atoms with Crippen LogP contribution in [0.4, 0.5) is 0 Å². The van der Waals surface area contributed by atoms with Gasteiger partial charge in [-0.3, -0.25) is 0 Å². The Kier molecular flexibility index (Phi) is 7.12. The highest BCUT2D eigenvalue weighted by Crippen LogP contribution is 2.74. The van der Waals surface area contributed by atoms with Crippen molar-refractivity contribution in [3.8, 4) is 0 Å². The second kappa shape index (κ2) is 9.19. The number of rotatable bonds is 8. The van der Waals surface area contributed by atoms with Crippen LogP contribution in [0.15, 0.2) is 69.7 Å². The van der Waals surface area contributed by atoms with Crippen LogP contribution in [0.5, 0.6) is 0 Å². The number of nitrogens with zero attached hydrogens (tertiary/aromatic N) is 2. The highest BCUT2D eigenvalue weighted by atomic mass is 31.3. The molecule has 1 aliphatic rings. The Morgan fingerprint density at radius 3 is 1.64 bits per heavy atom. The van der Waals surface area contributed by atoms with Gasteiger partial charge in [0.15, 0.2) is 0 Å². The quantitative estimate of drug-likeness (QED) is 0.546. The molecular formula is C18H26N3O4P3. The summed E-state index contributed by atoms with van der Waals surface area (Å²) < 4.78 is 41.1. The van der Waals surface area contributed by atoms with Crippen LogP contribution in [0.1, 0.15) is 20.8 Å². The van der Waals surface area contributed by atoms with Crippen molar-refractivity contribution in [3.63, 3.8) is 0 Å². The lowest BCUT2D eigenvalue weighted by molar-refractivity contribution is 0.252. The molecule has 1 atom stereocenters. The molecule has 0 radical (unpaired) electrons. The third kappa shape index (κ3) is 4.42. The predicted molar refractivity (Wildman–Crippen MR) is 116 cm³/mol.